The minimum atomic E-state index is -1.07. The molecule has 0 aliphatic heterocycles. The highest BCUT2D eigenvalue weighted by Gasteiger charge is 2.02. The Balaban J connectivity index is 2.18. The molecule has 0 heterocycles. The van der Waals surface area contributed by atoms with Crippen LogP contribution in [0, 0.1) is 0 Å². The molecule has 3 N–H and O–H groups in total. The molecule has 6 heteroatoms. The van der Waals surface area contributed by atoms with Crippen molar-refractivity contribution >= 4 is 12.1 Å². The second-order valence-electron chi connectivity index (χ2n) is 2.93. The zero-order valence-electron chi connectivity index (χ0n) is 8.47. The maximum atomic E-state index is 11.0. The molecule has 0 radical (unpaired) electrons. The average molecular weight is 224 g/mol. The Labute approximate surface area is 92.2 Å². The van der Waals surface area contributed by atoms with Crippen LogP contribution in [0.4, 0.5) is 4.79 Å². The molecule has 0 saturated heterocycles. The third-order valence-electron chi connectivity index (χ3n) is 1.64. The smallest absolute Gasteiger partial charge is 0.421 e. The fourth-order valence-electron chi connectivity index (χ4n) is 0.951. The van der Waals surface area contributed by atoms with Gasteiger partial charge < -0.3 is 9.84 Å². The zero-order chi connectivity index (χ0) is 11.8. The molecule has 0 aromatic heterocycles. The lowest BCUT2D eigenvalue weighted by Gasteiger charge is -2.06. The molecule has 6 nitrogen and oxygen atoms in total. The predicted molar refractivity (Wildman–Crippen MR) is 55.4 cm³/mol. The Morgan fingerprint density at radius 2 is 1.94 bits per heavy atom. The molecule has 0 unspecified atom stereocenters. The first-order valence-electron chi connectivity index (χ1n) is 4.60. The monoisotopic (exact) mass is 224 g/mol. The first-order chi connectivity index (χ1) is 7.68. The molecule has 0 fully saturated rings. The van der Waals surface area contributed by atoms with Gasteiger partial charge in [-0.25, -0.2) is 10.2 Å². The van der Waals surface area contributed by atoms with E-state index in [1.54, 1.807) is 0 Å². The number of ether oxygens (including phenoxy) is 1. The molecule has 0 atom stereocenters. The van der Waals surface area contributed by atoms with E-state index in [4.69, 9.17) is 9.84 Å². The van der Waals surface area contributed by atoms with Crippen LogP contribution in [-0.4, -0.2) is 23.7 Å². The largest absolute Gasteiger partial charge is 0.480 e. The number of amides is 1. The maximum Gasteiger partial charge on any atom is 0.421 e. The molecule has 86 valence electrons. The summed E-state index contributed by atoms with van der Waals surface area (Å²) in [4.78, 5) is 21.1. The van der Waals surface area contributed by atoms with Gasteiger partial charge in [-0.3, -0.25) is 10.2 Å². The van der Waals surface area contributed by atoms with Gasteiger partial charge in [0.1, 0.15) is 13.2 Å². The molecule has 1 aromatic carbocycles. The molecule has 0 saturated carbocycles. The lowest BCUT2D eigenvalue weighted by atomic mass is 10.2. The summed E-state index contributed by atoms with van der Waals surface area (Å²) in [5.41, 5.74) is 5.15. The van der Waals surface area contributed by atoms with Crippen LogP contribution in [0.1, 0.15) is 5.56 Å². The minimum absolute atomic E-state index is 0.140. The molecule has 16 heavy (non-hydrogen) atoms. The van der Waals surface area contributed by atoms with E-state index in [1.165, 1.54) is 0 Å². The van der Waals surface area contributed by atoms with Crippen LogP contribution in [0.2, 0.25) is 0 Å². The maximum absolute atomic E-state index is 11.0. The number of carboxylic acid groups (broad SMARTS) is 1. The second-order valence-corrected chi connectivity index (χ2v) is 2.93. The Bertz CT molecular complexity index is 353. The molecule has 0 bridgehead atoms. The number of carboxylic acids is 1. The summed E-state index contributed by atoms with van der Waals surface area (Å²) >= 11 is 0. The number of hydrazine groups is 1. The number of carbonyl (C=O) groups is 2. The Hall–Kier alpha value is -2.08. The van der Waals surface area contributed by atoms with Crippen LogP contribution >= 0.6 is 0 Å². The van der Waals surface area contributed by atoms with Gasteiger partial charge in [-0.1, -0.05) is 30.3 Å². The quantitative estimate of drug-likeness (QED) is 0.634. The lowest BCUT2D eigenvalue weighted by Crippen LogP contribution is -2.40. The van der Waals surface area contributed by atoms with Crippen LogP contribution < -0.4 is 10.9 Å². The third-order valence-corrected chi connectivity index (χ3v) is 1.64. The van der Waals surface area contributed by atoms with E-state index < -0.39 is 12.1 Å². The van der Waals surface area contributed by atoms with E-state index in [9.17, 15) is 9.59 Å². The SMILES string of the molecule is O=C(O)CNNC(=O)OCc1ccccc1. The highest BCUT2D eigenvalue weighted by molar-refractivity contribution is 5.70. The van der Waals surface area contributed by atoms with Crippen molar-refractivity contribution in [2.75, 3.05) is 6.54 Å². The number of aliphatic carboxylic acids is 1. The van der Waals surface area contributed by atoms with Gasteiger partial charge in [0.25, 0.3) is 0 Å². The number of benzene rings is 1. The summed E-state index contributed by atoms with van der Waals surface area (Å²) in [7, 11) is 0. The highest BCUT2D eigenvalue weighted by atomic mass is 16.6. The van der Waals surface area contributed by atoms with E-state index in [2.05, 4.69) is 10.9 Å². The summed E-state index contributed by atoms with van der Waals surface area (Å²) in [6, 6.07) is 9.16. The van der Waals surface area contributed by atoms with Crippen molar-refractivity contribution in [3.8, 4) is 0 Å². The normalized spacial score (nSPS) is 9.50. The molecular weight excluding hydrogens is 212 g/mol. The summed E-state index contributed by atoms with van der Waals surface area (Å²) in [5.74, 6) is -1.07. The fraction of sp³-hybridized carbons (Fsp3) is 0.200. The predicted octanol–water partition coefficient (Wildman–Crippen LogP) is 0.502. The number of nitrogens with one attached hydrogen (secondary N) is 2. The van der Waals surface area contributed by atoms with Crippen molar-refractivity contribution in [3.05, 3.63) is 35.9 Å². The van der Waals surface area contributed by atoms with E-state index in [-0.39, 0.29) is 13.2 Å². The van der Waals surface area contributed by atoms with Gasteiger partial charge in [0, 0.05) is 0 Å². The number of hydrogen-bond acceptors (Lipinski definition) is 4. The van der Waals surface area contributed by atoms with Gasteiger partial charge >= 0.3 is 12.1 Å². The van der Waals surface area contributed by atoms with Crippen molar-refractivity contribution in [1.29, 1.82) is 0 Å². The molecule has 1 amide bonds. The molecule has 0 aliphatic rings. The van der Waals surface area contributed by atoms with Gasteiger partial charge in [0.2, 0.25) is 0 Å². The standard InChI is InChI=1S/C10H12N2O4/c13-9(14)6-11-12-10(15)16-7-8-4-2-1-3-5-8/h1-5,11H,6-7H2,(H,12,15)(H,13,14). The molecule has 1 rings (SSSR count). The van der Waals surface area contributed by atoms with Gasteiger partial charge in [-0.05, 0) is 5.56 Å². The van der Waals surface area contributed by atoms with Gasteiger partial charge in [0.15, 0.2) is 0 Å². The second kappa shape index (κ2) is 6.41. The summed E-state index contributed by atoms with van der Waals surface area (Å²) in [6.45, 7) is -0.220. The first-order valence-corrected chi connectivity index (χ1v) is 4.60. The van der Waals surface area contributed by atoms with Crippen molar-refractivity contribution in [2.45, 2.75) is 6.61 Å². The topological polar surface area (TPSA) is 87.7 Å². The number of hydrogen-bond donors (Lipinski definition) is 3. The highest BCUT2D eigenvalue weighted by Crippen LogP contribution is 1.99. The van der Waals surface area contributed by atoms with Crippen LogP contribution in [0.5, 0.6) is 0 Å². The Morgan fingerprint density at radius 1 is 1.25 bits per heavy atom. The van der Waals surface area contributed by atoms with E-state index in [0.717, 1.165) is 5.56 Å². The molecule has 0 aliphatic carbocycles. The molecule has 1 aromatic rings. The average Bonchev–Trinajstić information content (AvgIpc) is 2.27. The first kappa shape index (κ1) is 12.0. The van der Waals surface area contributed by atoms with Crippen molar-refractivity contribution < 1.29 is 19.4 Å². The minimum Gasteiger partial charge on any atom is -0.480 e. The third kappa shape index (κ3) is 4.97. The van der Waals surface area contributed by atoms with Crippen LogP contribution in [-0.2, 0) is 16.1 Å². The van der Waals surface area contributed by atoms with Crippen molar-refractivity contribution in [3.63, 3.8) is 0 Å². The molecular formula is C10H12N2O4. The van der Waals surface area contributed by atoms with E-state index in [1.807, 2.05) is 30.3 Å². The fourth-order valence-corrected chi connectivity index (χ4v) is 0.951. The van der Waals surface area contributed by atoms with Crippen LogP contribution in [0.25, 0.3) is 0 Å². The molecule has 0 spiro atoms. The number of rotatable bonds is 5. The van der Waals surface area contributed by atoms with Gasteiger partial charge in [-0.2, -0.15) is 0 Å². The Kier molecular flexibility index (Phi) is 4.81. The van der Waals surface area contributed by atoms with Crippen molar-refractivity contribution in [2.24, 2.45) is 0 Å². The van der Waals surface area contributed by atoms with E-state index in [0.29, 0.717) is 0 Å². The summed E-state index contributed by atoms with van der Waals surface area (Å²) in [5, 5.41) is 8.28. The van der Waals surface area contributed by atoms with Crippen LogP contribution in [0.3, 0.4) is 0 Å². The number of carbonyl (C=O) groups excluding carboxylic acids is 1. The lowest BCUT2D eigenvalue weighted by molar-refractivity contribution is -0.136. The van der Waals surface area contributed by atoms with Crippen LogP contribution in [0.15, 0.2) is 30.3 Å². The van der Waals surface area contributed by atoms with Gasteiger partial charge in [0.05, 0.1) is 0 Å². The Morgan fingerprint density at radius 3 is 2.56 bits per heavy atom. The van der Waals surface area contributed by atoms with Crippen molar-refractivity contribution in [1.82, 2.24) is 10.9 Å². The van der Waals surface area contributed by atoms with E-state index >= 15 is 0 Å². The summed E-state index contributed by atoms with van der Waals surface area (Å²) in [6.07, 6.45) is -0.717. The summed E-state index contributed by atoms with van der Waals surface area (Å²) < 4.78 is 4.80. The zero-order valence-corrected chi connectivity index (χ0v) is 8.47. The van der Waals surface area contributed by atoms with Gasteiger partial charge in [-0.15, -0.1) is 0 Å².